The molecular weight excluding hydrogens is 625 g/mol. The van der Waals surface area contributed by atoms with E-state index < -0.39 is 0 Å². The van der Waals surface area contributed by atoms with Crippen molar-refractivity contribution in [3.63, 3.8) is 0 Å². The van der Waals surface area contributed by atoms with Crippen LogP contribution in [0.3, 0.4) is 0 Å². The molecule has 6 aromatic carbocycles. The highest BCUT2D eigenvalue weighted by Crippen LogP contribution is 2.52. The average Bonchev–Trinajstić information content (AvgIpc) is 3.45. The predicted octanol–water partition coefficient (Wildman–Crippen LogP) is 12.5. The summed E-state index contributed by atoms with van der Waals surface area (Å²) in [4.78, 5) is 14.5. The van der Waals surface area contributed by atoms with Crippen molar-refractivity contribution in [2.75, 3.05) is 0 Å². The highest BCUT2D eigenvalue weighted by atomic mass is 32.1. The monoisotopic (exact) mass is 666 g/mol. The number of hydrogen-bond acceptors (Lipinski definition) is 2. The molecule has 6 aromatic rings. The van der Waals surface area contributed by atoms with Gasteiger partial charge in [0.2, 0.25) is 5.78 Å². The van der Waals surface area contributed by atoms with E-state index in [2.05, 4.69) is 152 Å². The van der Waals surface area contributed by atoms with Crippen LogP contribution in [0.5, 0.6) is 0 Å². The van der Waals surface area contributed by atoms with Crippen molar-refractivity contribution >= 4 is 22.9 Å². The molecule has 8 rings (SSSR count). The van der Waals surface area contributed by atoms with E-state index in [4.69, 9.17) is 12.2 Å². The Morgan fingerprint density at radius 2 is 0.820 bits per heavy atom. The summed E-state index contributed by atoms with van der Waals surface area (Å²) in [6, 6.07) is 39.2. The second-order valence-electron chi connectivity index (χ2n) is 15.5. The highest BCUT2D eigenvalue weighted by Gasteiger charge is 2.38. The molecule has 0 spiro atoms. The molecule has 0 atom stereocenters. The van der Waals surface area contributed by atoms with Gasteiger partial charge in [0.1, 0.15) is 0 Å². The minimum atomic E-state index is -0.258. The molecule has 0 aliphatic heterocycles. The van der Waals surface area contributed by atoms with Crippen molar-refractivity contribution in [1.29, 1.82) is 0 Å². The van der Waals surface area contributed by atoms with Gasteiger partial charge in [-0.25, -0.2) is 0 Å². The maximum atomic E-state index is 14.2. The van der Waals surface area contributed by atoms with Crippen LogP contribution in [-0.2, 0) is 10.8 Å². The topological polar surface area (TPSA) is 17.1 Å². The molecular formula is C48H42OS. The molecule has 246 valence electrons. The van der Waals surface area contributed by atoms with Crippen LogP contribution in [0.4, 0.5) is 0 Å². The lowest BCUT2D eigenvalue weighted by Gasteiger charge is -2.24. The van der Waals surface area contributed by atoms with Gasteiger partial charge in [0.15, 0.2) is 0 Å². The summed E-state index contributed by atoms with van der Waals surface area (Å²) in [7, 11) is 0. The third-order valence-electron chi connectivity index (χ3n) is 11.6. The largest absolute Gasteiger partial charge is 0.288 e. The molecule has 1 nitrogen and oxygen atoms in total. The molecule has 0 amide bonds. The lowest BCUT2D eigenvalue weighted by molar-refractivity contribution is 0.106. The van der Waals surface area contributed by atoms with Gasteiger partial charge in [0.05, 0.1) is 4.86 Å². The van der Waals surface area contributed by atoms with E-state index in [0.717, 1.165) is 5.56 Å². The van der Waals surface area contributed by atoms with E-state index >= 15 is 0 Å². The smallest absolute Gasteiger partial charge is 0.204 e. The number of hydrogen-bond donors (Lipinski definition) is 0. The number of fused-ring (bicyclic) bond motifs is 6. The average molecular weight is 667 g/mol. The molecule has 2 aliphatic rings. The SMILES string of the molecule is Cc1ccccc1-c1cc2c(cc1C)-c1ccc(C(=O)C(=S)c3ccc4c(c3)C(C)(C)c3cc(-c5ccccc5C)c(C)cc3-4)cc1C2(C)C. The number of benzene rings is 6. The van der Waals surface area contributed by atoms with E-state index in [1.54, 1.807) is 0 Å². The Bertz CT molecular complexity index is 2280. The number of aryl methyl sites for hydroxylation is 4. The molecule has 0 bridgehead atoms. The number of carbonyl (C=O) groups is 1. The number of thiocarbonyl (C=S) groups is 1. The van der Waals surface area contributed by atoms with Gasteiger partial charge in [0.25, 0.3) is 0 Å². The molecule has 0 fully saturated rings. The molecule has 0 saturated heterocycles. The zero-order chi connectivity index (χ0) is 35.3. The molecule has 0 N–H and O–H groups in total. The van der Waals surface area contributed by atoms with Gasteiger partial charge in [-0.05, 0) is 147 Å². The number of Topliss-reactive ketones (excluding diaryl/α,β-unsaturated/α-hetero) is 1. The van der Waals surface area contributed by atoms with Crippen LogP contribution < -0.4 is 0 Å². The Morgan fingerprint density at radius 3 is 1.28 bits per heavy atom. The van der Waals surface area contributed by atoms with Gasteiger partial charge < -0.3 is 0 Å². The summed E-state index contributed by atoms with van der Waals surface area (Å²) < 4.78 is 0. The fourth-order valence-electron chi connectivity index (χ4n) is 8.65. The number of ketones is 1. The molecule has 2 aliphatic carbocycles. The minimum Gasteiger partial charge on any atom is -0.288 e. The van der Waals surface area contributed by atoms with Gasteiger partial charge >= 0.3 is 0 Å². The first-order valence-corrected chi connectivity index (χ1v) is 18.0. The van der Waals surface area contributed by atoms with Gasteiger partial charge in [-0.15, -0.1) is 0 Å². The first-order chi connectivity index (χ1) is 23.8. The Hall–Kier alpha value is -4.92. The summed E-state index contributed by atoms with van der Waals surface area (Å²) in [6.45, 7) is 17.9. The fourth-order valence-corrected chi connectivity index (χ4v) is 8.90. The summed E-state index contributed by atoms with van der Waals surface area (Å²) in [5.41, 5.74) is 21.0. The zero-order valence-corrected chi connectivity index (χ0v) is 31.0. The molecule has 0 radical (unpaired) electrons. The van der Waals surface area contributed by atoms with Gasteiger partial charge in [-0.3, -0.25) is 4.79 Å². The quantitative estimate of drug-likeness (QED) is 0.135. The van der Waals surface area contributed by atoms with Crippen molar-refractivity contribution in [3.05, 3.63) is 165 Å². The number of rotatable bonds is 5. The first-order valence-electron chi connectivity index (χ1n) is 17.6. The first kappa shape index (κ1) is 32.3. The molecule has 0 unspecified atom stereocenters. The highest BCUT2D eigenvalue weighted by molar-refractivity contribution is 7.82. The summed E-state index contributed by atoms with van der Waals surface area (Å²) >= 11 is 5.98. The molecule has 0 aromatic heterocycles. The van der Waals surface area contributed by atoms with Crippen molar-refractivity contribution in [1.82, 2.24) is 0 Å². The maximum absolute atomic E-state index is 14.2. The summed E-state index contributed by atoms with van der Waals surface area (Å²) in [6.07, 6.45) is 0. The summed E-state index contributed by atoms with van der Waals surface area (Å²) in [5, 5.41) is 0. The Labute approximate surface area is 302 Å². The van der Waals surface area contributed by atoms with Crippen LogP contribution in [-0.4, -0.2) is 10.6 Å². The van der Waals surface area contributed by atoms with E-state index in [1.165, 1.54) is 89.0 Å². The van der Waals surface area contributed by atoms with E-state index in [1.807, 2.05) is 12.1 Å². The molecule has 2 heteroatoms. The van der Waals surface area contributed by atoms with Gasteiger partial charge in [0, 0.05) is 16.4 Å². The standard InChI is InChI=1S/C48H42OS/c1-27-13-9-11-15-33(27)37-25-43-39(21-29(37)3)35-19-17-31(23-41(35)47(43,5)6)45(49)46(50)32-18-20-36-40-22-30(4)38(34-16-12-10-14-28(34)2)26-44(40)48(7,8)42(36)24-32/h9-26H,1-8H3. The third-order valence-corrected chi connectivity index (χ3v) is 12.1. The Kier molecular flexibility index (Phi) is 7.30. The molecule has 0 heterocycles. The van der Waals surface area contributed by atoms with Crippen molar-refractivity contribution < 1.29 is 4.79 Å². The Balaban J connectivity index is 1.13. The van der Waals surface area contributed by atoms with Crippen molar-refractivity contribution in [3.8, 4) is 44.5 Å². The van der Waals surface area contributed by atoms with E-state index in [0.29, 0.717) is 10.4 Å². The van der Waals surface area contributed by atoms with Crippen LogP contribution in [0.2, 0.25) is 0 Å². The van der Waals surface area contributed by atoms with Crippen LogP contribution in [0, 0.1) is 27.7 Å². The van der Waals surface area contributed by atoms with Crippen LogP contribution in [0.25, 0.3) is 44.5 Å². The normalized spacial score (nSPS) is 14.5. The lowest BCUT2D eigenvalue weighted by atomic mass is 9.79. The summed E-state index contributed by atoms with van der Waals surface area (Å²) in [5.74, 6) is -0.0997. The number of carbonyl (C=O) groups excluding carboxylic acids is 1. The van der Waals surface area contributed by atoms with Crippen molar-refractivity contribution in [2.45, 2.75) is 66.2 Å². The van der Waals surface area contributed by atoms with E-state index in [-0.39, 0.29) is 16.6 Å². The molecule has 0 saturated carbocycles. The van der Waals surface area contributed by atoms with E-state index in [9.17, 15) is 4.79 Å². The Morgan fingerprint density at radius 1 is 0.420 bits per heavy atom. The molecule has 50 heavy (non-hydrogen) atoms. The van der Waals surface area contributed by atoms with Crippen molar-refractivity contribution in [2.24, 2.45) is 0 Å². The van der Waals surface area contributed by atoms with Crippen LogP contribution >= 0.6 is 12.2 Å². The van der Waals surface area contributed by atoms with Crippen LogP contribution in [0.15, 0.2) is 109 Å². The third kappa shape index (κ3) is 4.72. The predicted molar refractivity (Wildman–Crippen MR) is 214 cm³/mol. The van der Waals surface area contributed by atoms with Gasteiger partial charge in [-0.1, -0.05) is 125 Å². The maximum Gasteiger partial charge on any atom is 0.204 e. The van der Waals surface area contributed by atoms with Crippen LogP contribution in [0.1, 0.15) is 88.1 Å². The second kappa shape index (κ2) is 11.3. The lowest BCUT2D eigenvalue weighted by Crippen LogP contribution is -2.19. The zero-order valence-electron chi connectivity index (χ0n) is 30.2. The fraction of sp³-hybridized carbons (Fsp3) is 0.208. The van der Waals surface area contributed by atoms with Gasteiger partial charge in [-0.2, -0.15) is 0 Å². The minimum absolute atomic E-state index is 0.0997. The second-order valence-corrected chi connectivity index (χ2v) is 15.9.